The summed E-state index contributed by atoms with van der Waals surface area (Å²) in [6.45, 7) is 4.79. The molecule has 0 saturated heterocycles. The monoisotopic (exact) mass is 257 g/mol. The van der Waals surface area contributed by atoms with Gasteiger partial charge >= 0.3 is 0 Å². The van der Waals surface area contributed by atoms with Gasteiger partial charge in [-0.3, -0.25) is 0 Å². The first-order valence-electron chi connectivity index (χ1n) is 6.60. The second-order valence-electron chi connectivity index (χ2n) is 5.83. The predicted octanol–water partition coefficient (Wildman–Crippen LogP) is 2.29. The first kappa shape index (κ1) is 12.2. The van der Waals surface area contributed by atoms with Crippen molar-refractivity contribution >= 4 is 0 Å². The molecule has 100 valence electrons. The highest BCUT2D eigenvalue weighted by molar-refractivity contribution is 5.62. The van der Waals surface area contributed by atoms with Crippen molar-refractivity contribution in [3.63, 3.8) is 0 Å². The van der Waals surface area contributed by atoms with Crippen LogP contribution in [0.5, 0.6) is 5.75 Å². The topological polar surface area (TPSA) is 63.9 Å². The van der Waals surface area contributed by atoms with Gasteiger partial charge in [-0.2, -0.15) is 0 Å². The average Bonchev–Trinajstić information content (AvgIpc) is 2.93. The van der Waals surface area contributed by atoms with Crippen LogP contribution in [0.15, 0.2) is 24.4 Å². The van der Waals surface area contributed by atoms with Gasteiger partial charge in [0.15, 0.2) is 0 Å². The third-order valence-electron chi connectivity index (χ3n) is 3.25. The Labute approximate surface area is 113 Å². The molecule has 0 aliphatic carbocycles. The van der Waals surface area contributed by atoms with Crippen molar-refractivity contribution in [1.82, 2.24) is 9.97 Å². The number of nitrogens with two attached hydrogens (primary N) is 1. The number of aromatic amines is 1. The van der Waals surface area contributed by atoms with E-state index >= 15 is 0 Å². The van der Waals surface area contributed by atoms with Crippen LogP contribution >= 0.6 is 0 Å². The van der Waals surface area contributed by atoms with Crippen molar-refractivity contribution < 1.29 is 4.74 Å². The molecule has 0 saturated carbocycles. The zero-order valence-corrected chi connectivity index (χ0v) is 11.4. The molecule has 3 rings (SSSR count). The molecule has 0 radical (unpaired) electrons. The van der Waals surface area contributed by atoms with Crippen molar-refractivity contribution in [3.05, 3.63) is 35.8 Å². The summed E-state index contributed by atoms with van der Waals surface area (Å²) >= 11 is 0. The fraction of sp³-hybridized carbons (Fsp3) is 0.400. The van der Waals surface area contributed by atoms with Crippen LogP contribution in [-0.2, 0) is 12.8 Å². The lowest BCUT2D eigenvalue weighted by atomic mass is 10.0. The smallest absolute Gasteiger partial charge is 0.122 e. The highest BCUT2D eigenvalue weighted by atomic mass is 16.5. The lowest BCUT2D eigenvalue weighted by Gasteiger charge is -2.15. The molecule has 19 heavy (non-hydrogen) atoms. The maximum Gasteiger partial charge on any atom is 0.122 e. The van der Waals surface area contributed by atoms with Gasteiger partial charge in [0.05, 0.1) is 18.5 Å². The molecule has 1 aromatic carbocycles. The highest BCUT2D eigenvalue weighted by Crippen LogP contribution is 2.29. The zero-order valence-electron chi connectivity index (χ0n) is 11.4. The number of ether oxygens (including phenoxy) is 1. The molecular formula is C15H19N3O. The quantitative estimate of drug-likeness (QED) is 0.886. The molecule has 1 aromatic heterocycles. The standard InChI is InChI=1S/C15H19N3O/c1-15(2,16)8-14-17-9-12(18-14)10-3-4-13-11(7-10)5-6-19-13/h3-4,7,9H,5-6,8,16H2,1-2H3,(H,17,18). The third-order valence-corrected chi connectivity index (χ3v) is 3.25. The summed E-state index contributed by atoms with van der Waals surface area (Å²) < 4.78 is 5.52. The second-order valence-corrected chi connectivity index (χ2v) is 5.83. The number of hydrogen-bond acceptors (Lipinski definition) is 3. The number of imidazole rings is 1. The maximum atomic E-state index is 6.01. The van der Waals surface area contributed by atoms with Crippen LogP contribution < -0.4 is 10.5 Å². The molecule has 0 spiro atoms. The van der Waals surface area contributed by atoms with E-state index in [9.17, 15) is 0 Å². The average molecular weight is 257 g/mol. The molecule has 1 aliphatic heterocycles. The van der Waals surface area contributed by atoms with E-state index in [1.54, 1.807) is 0 Å². The van der Waals surface area contributed by atoms with E-state index in [1.165, 1.54) is 5.56 Å². The molecule has 4 nitrogen and oxygen atoms in total. The van der Waals surface area contributed by atoms with Crippen molar-refractivity contribution in [1.29, 1.82) is 0 Å². The maximum absolute atomic E-state index is 6.01. The molecule has 0 atom stereocenters. The van der Waals surface area contributed by atoms with E-state index in [1.807, 2.05) is 26.1 Å². The van der Waals surface area contributed by atoms with Gasteiger partial charge in [0.25, 0.3) is 0 Å². The minimum atomic E-state index is -0.249. The number of benzene rings is 1. The Hall–Kier alpha value is -1.81. The normalized spacial score (nSPS) is 14.3. The highest BCUT2D eigenvalue weighted by Gasteiger charge is 2.16. The van der Waals surface area contributed by atoms with Gasteiger partial charge in [0.2, 0.25) is 0 Å². The summed E-state index contributed by atoms with van der Waals surface area (Å²) in [6.07, 6.45) is 3.60. The molecule has 0 amide bonds. The van der Waals surface area contributed by atoms with Crippen LogP contribution in [-0.4, -0.2) is 22.1 Å². The molecule has 2 aromatic rings. The molecular weight excluding hydrogens is 238 g/mol. The Morgan fingerprint density at radius 3 is 3.05 bits per heavy atom. The second kappa shape index (κ2) is 4.38. The van der Waals surface area contributed by atoms with Crippen LogP contribution in [0.25, 0.3) is 11.3 Å². The molecule has 4 heteroatoms. The molecule has 2 heterocycles. The zero-order chi connectivity index (χ0) is 13.5. The molecule has 0 unspecified atom stereocenters. The lowest BCUT2D eigenvalue weighted by molar-refractivity contribution is 0.357. The summed E-state index contributed by atoms with van der Waals surface area (Å²) in [5.74, 6) is 1.94. The van der Waals surface area contributed by atoms with E-state index in [4.69, 9.17) is 10.5 Å². The Bertz CT molecular complexity index is 596. The molecule has 1 aliphatic rings. The fourth-order valence-electron chi connectivity index (χ4n) is 2.38. The summed E-state index contributed by atoms with van der Waals surface area (Å²) in [5, 5.41) is 0. The van der Waals surface area contributed by atoms with Crippen LogP contribution in [0.3, 0.4) is 0 Å². The van der Waals surface area contributed by atoms with Gasteiger partial charge in [0.1, 0.15) is 11.6 Å². The molecule has 0 fully saturated rings. The largest absolute Gasteiger partial charge is 0.493 e. The number of nitrogens with one attached hydrogen (secondary N) is 1. The summed E-state index contributed by atoms with van der Waals surface area (Å²) in [4.78, 5) is 7.75. The van der Waals surface area contributed by atoms with Crippen molar-refractivity contribution in [2.24, 2.45) is 5.73 Å². The van der Waals surface area contributed by atoms with E-state index in [0.717, 1.165) is 42.3 Å². The van der Waals surface area contributed by atoms with Gasteiger partial charge in [-0.25, -0.2) is 4.98 Å². The number of rotatable bonds is 3. The summed E-state index contributed by atoms with van der Waals surface area (Å²) in [7, 11) is 0. The van der Waals surface area contributed by atoms with Crippen molar-refractivity contribution in [2.75, 3.05) is 6.61 Å². The fourth-order valence-corrected chi connectivity index (χ4v) is 2.38. The SMILES string of the molecule is CC(C)(N)Cc1ncc(-c2ccc3c(c2)CCO3)[nH]1. The van der Waals surface area contributed by atoms with Crippen molar-refractivity contribution in [3.8, 4) is 17.0 Å². The Kier molecular flexibility index (Phi) is 2.82. The Balaban J connectivity index is 1.86. The molecule has 3 N–H and O–H groups in total. The van der Waals surface area contributed by atoms with Gasteiger partial charge in [-0.05, 0) is 37.6 Å². The van der Waals surface area contributed by atoms with Crippen LogP contribution in [0.2, 0.25) is 0 Å². The first-order chi connectivity index (χ1) is 9.01. The van der Waals surface area contributed by atoms with Gasteiger partial charge in [-0.1, -0.05) is 0 Å². The lowest BCUT2D eigenvalue weighted by Crippen LogP contribution is -2.34. The van der Waals surface area contributed by atoms with Gasteiger partial charge < -0.3 is 15.5 Å². The Morgan fingerprint density at radius 1 is 1.42 bits per heavy atom. The van der Waals surface area contributed by atoms with E-state index in [-0.39, 0.29) is 5.54 Å². The van der Waals surface area contributed by atoms with Crippen LogP contribution in [0.1, 0.15) is 25.2 Å². The van der Waals surface area contributed by atoms with Gasteiger partial charge in [-0.15, -0.1) is 0 Å². The minimum absolute atomic E-state index is 0.249. The number of hydrogen-bond donors (Lipinski definition) is 2. The predicted molar refractivity (Wildman–Crippen MR) is 75.2 cm³/mol. The van der Waals surface area contributed by atoms with Crippen LogP contribution in [0, 0.1) is 0 Å². The summed E-state index contributed by atoms with van der Waals surface area (Å²) in [5.41, 5.74) is 9.22. The van der Waals surface area contributed by atoms with Gasteiger partial charge in [0, 0.05) is 23.9 Å². The summed E-state index contributed by atoms with van der Waals surface area (Å²) in [6, 6.07) is 6.27. The van der Waals surface area contributed by atoms with E-state index in [2.05, 4.69) is 22.1 Å². The van der Waals surface area contributed by atoms with E-state index in [0.29, 0.717) is 0 Å². The Morgan fingerprint density at radius 2 is 2.26 bits per heavy atom. The first-order valence-corrected chi connectivity index (χ1v) is 6.60. The number of nitrogens with zero attached hydrogens (tertiary/aromatic N) is 1. The molecule has 0 bridgehead atoms. The van der Waals surface area contributed by atoms with Crippen molar-refractivity contribution in [2.45, 2.75) is 32.2 Å². The third kappa shape index (κ3) is 2.63. The number of fused-ring (bicyclic) bond motifs is 1. The number of H-pyrrole nitrogens is 1. The van der Waals surface area contributed by atoms with Crippen LogP contribution in [0.4, 0.5) is 0 Å². The minimum Gasteiger partial charge on any atom is -0.493 e. The number of aromatic nitrogens is 2. The van der Waals surface area contributed by atoms with E-state index < -0.39 is 0 Å².